The standard InChI is InChI=1S/C13H21NO4S/c1-6-10(2)14(3)19(15,16)11-7-8-12(17-4)13(9-11)18-5/h7-10H,6H2,1-5H3. The van der Waals surface area contributed by atoms with Crippen molar-refractivity contribution >= 4 is 10.0 Å². The van der Waals surface area contributed by atoms with Gasteiger partial charge < -0.3 is 9.47 Å². The Hall–Kier alpha value is -1.27. The molecule has 1 rings (SSSR count). The summed E-state index contributed by atoms with van der Waals surface area (Å²) in [6, 6.07) is 4.54. The number of ether oxygens (including phenoxy) is 2. The van der Waals surface area contributed by atoms with Gasteiger partial charge in [-0.25, -0.2) is 8.42 Å². The molecule has 0 fully saturated rings. The van der Waals surface area contributed by atoms with Crippen molar-refractivity contribution in [2.45, 2.75) is 31.2 Å². The van der Waals surface area contributed by atoms with Crippen LogP contribution in [0.5, 0.6) is 11.5 Å². The summed E-state index contributed by atoms with van der Waals surface area (Å²) in [4.78, 5) is 0.202. The normalized spacial score (nSPS) is 13.4. The highest BCUT2D eigenvalue weighted by Gasteiger charge is 2.25. The molecule has 0 saturated heterocycles. The van der Waals surface area contributed by atoms with Crippen LogP contribution in [0.3, 0.4) is 0 Å². The topological polar surface area (TPSA) is 55.8 Å². The summed E-state index contributed by atoms with van der Waals surface area (Å²) in [5.41, 5.74) is 0. The Labute approximate surface area is 115 Å². The van der Waals surface area contributed by atoms with E-state index in [0.717, 1.165) is 6.42 Å². The van der Waals surface area contributed by atoms with E-state index < -0.39 is 10.0 Å². The second kappa shape index (κ2) is 6.25. The average Bonchev–Trinajstić information content (AvgIpc) is 2.44. The maximum Gasteiger partial charge on any atom is 0.243 e. The lowest BCUT2D eigenvalue weighted by Gasteiger charge is -2.23. The van der Waals surface area contributed by atoms with Crippen molar-refractivity contribution in [1.29, 1.82) is 0 Å². The Balaban J connectivity index is 3.22. The molecule has 0 bridgehead atoms. The summed E-state index contributed by atoms with van der Waals surface area (Å²) < 4.78 is 36.5. The molecule has 0 N–H and O–H groups in total. The van der Waals surface area contributed by atoms with Gasteiger partial charge in [0.05, 0.1) is 19.1 Å². The van der Waals surface area contributed by atoms with Crippen LogP contribution < -0.4 is 9.47 Å². The molecule has 0 aliphatic rings. The maximum absolute atomic E-state index is 12.4. The lowest BCUT2D eigenvalue weighted by molar-refractivity contribution is 0.352. The van der Waals surface area contributed by atoms with E-state index in [2.05, 4.69) is 0 Å². The van der Waals surface area contributed by atoms with Gasteiger partial charge >= 0.3 is 0 Å². The zero-order chi connectivity index (χ0) is 14.6. The highest BCUT2D eigenvalue weighted by atomic mass is 32.2. The van der Waals surface area contributed by atoms with Gasteiger partial charge in [0, 0.05) is 19.2 Å². The molecule has 108 valence electrons. The van der Waals surface area contributed by atoms with Crippen molar-refractivity contribution in [2.75, 3.05) is 21.3 Å². The van der Waals surface area contributed by atoms with E-state index in [-0.39, 0.29) is 10.9 Å². The summed E-state index contributed by atoms with van der Waals surface area (Å²) in [7, 11) is 1.06. The highest BCUT2D eigenvalue weighted by molar-refractivity contribution is 7.89. The highest BCUT2D eigenvalue weighted by Crippen LogP contribution is 2.30. The number of hydrogen-bond acceptors (Lipinski definition) is 4. The van der Waals surface area contributed by atoms with Crippen LogP contribution >= 0.6 is 0 Å². The molecular weight excluding hydrogens is 266 g/mol. The number of benzene rings is 1. The van der Waals surface area contributed by atoms with Crippen LogP contribution in [0.2, 0.25) is 0 Å². The SMILES string of the molecule is CCC(C)N(C)S(=O)(=O)c1ccc(OC)c(OC)c1. The van der Waals surface area contributed by atoms with Gasteiger partial charge in [0.2, 0.25) is 10.0 Å². The molecule has 6 heteroatoms. The lowest BCUT2D eigenvalue weighted by atomic mass is 10.3. The second-order valence-electron chi connectivity index (χ2n) is 4.30. The number of nitrogens with zero attached hydrogens (tertiary/aromatic N) is 1. The van der Waals surface area contributed by atoms with Crippen LogP contribution in [-0.4, -0.2) is 40.0 Å². The van der Waals surface area contributed by atoms with Crippen molar-refractivity contribution in [3.05, 3.63) is 18.2 Å². The Kier molecular flexibility index (Phi) is 5.20. The predicted octanol–water partition coefficient (Wildman–Crippen LogP) is 2.12. The molecule has 0 heterocycles. The third-order valence-electron chi connectivity index (χ3n) is 3.24. The zero-order valence-electron chi connectivity index (χ0n) is 12.0. The first-order valence-corrected chi connectivity index (χ1v) is 7.52. The van der Waals surface area contributed by atoms with E-state index in [1.807, 2.05) is 13.8 Å². The lowest BCUT2D eigenvalue weighted by Crippen LogP contribution is -2.34. The summed E-state index contributed by atoms with van der Waals surface area (Å²) in [6.45, 7) is 3.82. The smallest absolute Gasteiger partial charge is 0.243 e. The van der Waals surface area contributed by atoms with E-state index in [4.69, 9.17) is 9.47 Å². The number of hydrogen-bond donors (Lipinski definition) is 0. The summed E-state index contributed by atoms with van der Waals surface area (Å²) in [5.74, 6) is 0.911. The fourth-order valence-electron chi connectivity index (χ4n) is 1.64. The van der Waals surface area contributed by atoms with Crippen LogP contribution in [0.25, 0.3) is 0 Å². The van der Waals surface area contributed by atoms with Crippen molar-refractivity contribution in [1.82, 2.24) is 4.31 Å². The van der Waals surface area contributed by atoms with Crippen LogP contribution in [0.4, 0.5) is 0 Å². The fraction of sp³-hybridized carbons (Fsp3) is 0.538. The van der Waals surface area contributed by atoms with Gasteiger partial charge in [0.15, 0.2) is 11.5 Å². The number of methoxy groups -OCH3 is 2. The van der Waals surface area contributed by atoms with E-state index in [1.54, 1.807) is 13.1 Å². The largest absolute Gasteiger partial charge is 0.493 e. The minimum Gasteiger partial charge on any atom is -0.493 e. The number of sulfonamides is 1. The van der Waals surface area contributed by atoms with Gasteiger partial charge in [-0.3, -0.25) is 0 Å². The minimum atomic E-state index is -3.51. The van der Waals surface area contributed by atoms with Gasteiger partial charge in [0.1, 0.15) is 0 Å². The van der Waals surface area contributed by atoms with E-state index in [1.165, 1.54) is 30.7 Å². The minimum absolute atomic E-state index is 0.0573. The average molecular weight is 287 g/mol. The Bertz CT molecular complexity index is 527. The fourth-order valence-corrected chi connectivity index (χ4v) is 3.09. The molecule has 1 unspecified atom stereocenters. The molecule has 0 amide bonds. The van der Waals surface area contributed by atoms with Crippen molar-refractivity contribution in [3.8, 4) is 11.5 Å². The Morgan fingerprint density at radius 1 is 1.21 bits per heavy atom. The molecule has 1 aromatic carbocycles. The zero-order valence-corrected chi connectivity index (χ0v) is 12.8. The first-order valence-electron chi connectivity index (χ1n) is 6.08. The molecular formula is C13H21NO4S. The quantitative estimate of drug-likeness (QED) is 0.804. The summed E-state index contributed by atoms with van der Waals surface area (Å²) in [6.07, 6.45) is 0.753. The Morgan fingerprint density at radius 2 is 1.79 bits per heavy atom. The summed E-state index contributed by atoms with van der Waals surface area (Å²) in [5, 5.41) is 0. The number of rotatable bonds is 6. The van der Waals surface area contributed by atoms with Gasteiger partial charge in [-0.2, -0.15) is 4.31 Å². The molecule has 5 nitrogen and oxygen atoms in total. The molecule has 0 aliphatic heterocycles. The molecule has 1 aromatic rings. The van der Waals surface area contributed by atoms with Crippen LogP contribution in [0.1, 0.15) is 20.3 Å². The van der Waals surface area contributed by atoms with Crippen LogP contribution in [-0.2, 0) is 10.0 Å². The van der Waals surface area contributed by atoms with Gasteiger partial charge in [-0.1, -0.05) is 6.92 Å². The molecule has 0 spiro atoms. The molecule has 1 atom stereocenters. The Morgan fingerprint density at radius 3 is 2.26 bits per heavy atom. The van der Waals surface area contributed by atoms with Gasteiger partial charge in [-0.15, -0.1) is 0 Å². The third kappa shape index (κ3) is 3.19. The first kappa shape index (κ1) is 15.8. The molecule has 0 aliphatic carbocycles. The third-order valence-corrected chi connectivity index (χ3v) is 5.21. The van der Waals surface area contributed by atoms with E-state index in [0.29, 0.717) is 11.5 Å². The summed E-state index contributed by atoms with van der Waals surface area (Å²) >= 11 is 0. The monoisotopic (exact) mass is 287 g/mol. The predicted molar refractivity (Wildman–Crippen MR) is 74.2 cm³/mol. The van der Waals surface area contributed by atoms with Crippen molar-refractivity contribution < 1.29 is 17.9 Å². The second-order valence-corrected chi connectivity index (χ2v) is 6.29. The van der Waals surface area contributed by atoms with Gasteiger partial charge in [-0.05, 0) is 25.5 Å². The molecule has 19 heavy (non-hydrogen) atoms. The molecule has 0 aromatic heterocycles. The molecule has 0 radical (unpaired) electrons. The first-order chi connectivity index (χ1) is 8.88. The van der Waals surface area contributed by atoms with E-state index >= 15 is 0 Å². The molecule has 0 saturated carbocycles. The van der Waals surface area contributed by atoms with Crippen molar-refractivity contribution in [3.63, 3.8) is 0 Å². The van der Waals surface area contributed by atoms with Crippen LogP contribution in [0.15, 0.2) is 23.1 Å². The van der Waals surface area contributed by atoms with Crippen LogP contribution in [0, 0.1) is 0 Å². The maximum atomic E-state index is 12.4. The van der Waals surface area contributed by atoms with E-state index in [9.17, 15) is 8.42 Å². The van der Waals surface area contributed by atoms with Gasteiger partial charge in [0.25, 0.3) is 0 Å². The van der Waals surface area contributed by atoms with Crippen molar-refractivity contribution in [2.24, 2.45) is 0 Å².